The molecule has 0 spiro atoms. The molecule has 0 unspecified atom stereocenters. The summed E-state index contributed by atoms with van der Waals surface area (Å²) in [4.78, 5) is 24.8. The van der Waals surface area contributed by atoms with E-state index in [0.717, 1.165) is 0 Å². The number of hydrogen-bond donors (Lipinski definition) is 2. The lowest BCUT2D eigenvalue weighted by Gasteiger charge is -2.13. The van der Waals surface area contributed by atoms with Crippen molar-refractivity contribution in [3.05, 3.63) is 58.1 Å². The molecule has 0 atom stereocenters. The van der Waals surface area contributed by atoms with E-state index in [0.29, 0.717) is 22.3 Å². The van der Waals surface area contributed by atoms with Crippen molar-refractivity contribution in [1.29, 1.82) is 0 Å². The second-order valence-corrected chi connectivity index (χ2v) is 6.10. The van der Waals surface area contributed by atoms with E-state index in [-0.39, 0.29) is 17.1 Å². The largest absolute Gasteiger partial charge is 0.504 e. The van der Waals surface area contributed by atoms with E-state index in [2.05, 4.69) is 21.4 Å². The Labute approximate surface area is 152 Å². The molecule has 2 aromatic rings. The van der Waals surface area contributed by atoms with Crippen molar-refractivity contribution < 1.29 is 19.4 Å². The number of phenols is 1. The molecule has 0 radical (unpaired) electrons. The van der Waals surface area contributed by atoms with Crippen LogP contribution in [0.4, 0.5) is 5.69 Å². The number of phenolic OH excluding ortho intramolecular Hbond substituents is 1. The molecule has 128 valence electrons. The first-order valence-electron chi connectivity index (χ1n) is 7.58. The summed E-state index contributed by atoms with van der Waals surface area (Å²) < 4.78 is 5.89. The molecule has 1 saturated heterocycles. The van der Waals surface area contributed by atoms with Crippen LogP contribution in [0.25, 0.3) is 6.08 Å². The van der Waals surface area contributed by atoms with Crippen molar-refractivity contribution in [3.63, 3.8) is 0 Å². The molecule has 1 heterocycles. The molecule has 1 aliphatic heterocycles. The highest BCUT2D eigenvalue weighted by Gasteiger charge is 2.34. The Morgan fingerprint density at radius 1 is 1.24 bits per heavy atom. The maximum Gasteiger partial charge on any atom is 0.282 e. The predicted molar refractivity (Wildman–Crippen MR) is 97.0 cm³/mol. The molecule has 3 rings (SSSR count). The summed E-state index contributed by atoms with van der Waals surface area (Å²) >= 11 is 3.32. The highest BCUT2D eigenvalue weighted by atomic mass is 79.9. The number of aromatic hydroxyl groups is 1. The van der Waals surface area contributed by atoms with Gasteiger partial charge in [-0.2, -0.15) is 0 Å². The third-order valence-electron chi connectivity index (χ3n) is 3.58. The third-order valence-corrected chi connectivity index (χ3v) is 4.27. The normalized spacial score (nSPS) is 15.6. The van der Waals surface area contributed by atoms with Crippen LogP contribution in [0.1, 0.15) is 12.5 Å². The minimum Gasteiger partial charge on any atom is -0.504 e. The Morgan fingerprint density at radius 2 is 1.96 bits per heavy atom. The first kappa shape index (κ1) is 17.0. The summed E-state index contributed by atoms with van der Waals surface area (Å²) in [6.45, 7) is 2.18. The van der Waals surface area contributed by atoms with Crippen molar-refractivity contribution >= 4 is 39.5 Å². The van der Waals surface area contributed by atoms with E-state index in [1.807, 2.05) is 6.07 Å². The van der Waals surface area contributed by atoms with Gasteiger partial charge >= 0.3 is 0 Å². The van der Waals surface area contributed by atoms with E-state index in [4.69, 9.17) is 4.74 Å². The van der Waals surface area contributed by atoms with Gasteiger partial charge in [0.2, 0.25) is 0 Å². The van der Waals surface area contributed by atoms with Gasteiger partial charge in [0.25, 0.3) is 11.8 Å². The molecule has 0 aromatic heterocycles. The topological polar surface area (TPSA) is 78.9 Å². The minimum atomic E-state index is -0.494. The molecule has 0 bridgehead atoms. The standard InChI is InChI=1S/C18H15BrN2O4/c1-2-25-16-9-11(14(19)10-15(16)22)8-13-17(23)20-21(18(13)24)12-6-4-3-5-7-12/h3-10,22H,2H2,1H3,(H,20,23)/b13-8-. The number of rotatable bonds is 4. The van der Waals surface area contributed by atoms with Crippen LogP contribution in [-0.4, -0.2) is 23.5 Å². The number of para-hydroxylation sites is 1. The number of halogens is 1. The van der Waals surface area contributed by atoms with Crippen LogP contribution in [0.3, 0.4) is 0 Å². The van der Waals surface area contributed by atoms with Gasteiger partial charge in [-0.3, -0.25) is 15.0 Å². The first-order chi connectivity index (χ1) is 12.0. The van der Waals surface area contributed by atoms with Gasteiger partial charge in [-0.15, -0.1) is 0 Å². The maximum absolute atomic E-state index is 12.6. The Morgan fingerprint density at radius 3 is 2.64 bits per heavy atom. The monoisotopic (exact) mass is 402 g/mol. The summed E-state index contributed by atoms with van der Waals surface area (Å²) in [5, 5.41) is 11.1. The fraction of sp³-hybridized carbons (Fsp3) is 0.111. The van der Waals surface area contributed by atoms with Crippen molar-refractivity contribution in [1.82, 2.24) is 5.43 Å². The summed E-state index contributed by atoms with van der Waals surface area (Å²) in [5.74, 6) is -0.687. The first-order valence-corrected chi connectivity index (χ1v) is 8.38. The Balaban J connectivity index is 1.97. The van der Waals surface area contributed by atoms with E-state index >= 15 is 0 Å². The number of anilines is 1. The van der Waals surface area contributed by atoms with Gasteiger partial charge < -0.3 is 9.84 Å². The van der Waals surface area contributed by atoms with Crippen molar-refractivity contribution in [3.8, 4) is 11.5 Å². The lowest BCUT2D eigenvalue weighted by atomic mass is 10.1. The number of nitrogens with one attached hydrogen (secondary N) is 1. The van der Waals surface area contributed by atoms with E-state index in [1.54, 1.807) is 37.3 Å². The summed E-state index contributed by atoms with van der Waals surface area (Å²) in [5.41, 5.74) is 3.66. The van der Waals surface area contributed by atoms with Gasteiger partial charge in [0.1, 0.15) is 5.57 Å². The number of carbonyl (C=O) groups excluding carboxylic acids is 2. The van der Waals surface area contributed by atoms with E-state index < -0.39 is 11.8 Å². The molecule has 25 heavy (non-hydrogen) atoms. The summed E-state index contributed by atoms with van der Waals surface area (Å²) in [7, 11) is 0. The highest BCUT2D eigenvalue weighted by Crippen LogP contribution is 2.34. The molecular weight excluding hydrogens is 388 g/mol. The van der Waals surface area contributed by atoms with Gasteiger partial charge in [-0.1, -0.05) is 34.1 Å². The smallest absolute Gasteiger partial charge is 0.282 e. The van der Waals surface area contributed by atoms with Gasteiger partial charge in [0.05, 0.1) is 12.3 Å². The molecule has 0 saturated carbocycles. The van der Waals surface area contributed by atoms with Crippen LogP contribution in [0.5, 0.6) is 11.5 Å². The molecule has 2 amide bonds. The predicted octanol–water partition coefficient (Wildman–Crippen LogP) is 3.01. The van der Waals surface area contributed by atoms with Crippen LogP contribution >= 0.6 is 15.9 Å². The summed E-state index contributed by atoms with van der Waals surface area (Å²) in [6, 6.07) is 11.9. The number of hydrazine groups is 1. The second-order valence-electron chi connectivity index (χ2n) is 5.25. The highest BCUT2D eigenvalue weighted by molar-refractivity contribution is 9.10. The zero-order valence-electron chi connectivity index (χ0n) is 13.3. The number of hydrogen-bond acceptors (Lipinski definition) is 4. The Kier molecular flexibility index (Phi) is 4.76. The number of nitrogens with zero attached hydrogens (tertiary/aromatic N) is 1. The second kappa shape index (κ2) is 6.98. The zero-order valence-corrected chi connectivity index (χ0v) is 14.9. The van der Waals surface area contributed by atoms with Crippen molar-refractivity contribution in [2.45, 2.75) is 6.92 Å². The number of amides is 2. The molecule has 2 N–H and O–H groups in total. The van der Waals surface area contributed by atoms with Crippen LogP contribution < -0.4 is 15.2 Å². The lowest BCUT2D eigenvalue weighted by Crippen LogP contribution is -2.35. The average Bonchev–Trinajstić information content (AvgIpc) is 2.88. The third kappa shape index (κ3) is 3.36. The Bertz CT molecular complexity index is 865. The molecule has 1 fully saturated rings. The van der Waals surface area contributed by atoms with E-state index in [1.165, 1.54) is 17.2 Å². The summed E-state index contributed by atoms with van der Waals surface area (Å²) in [6.07, 6.45) is 1.46. The molecule has 1 aliphatic rings. The molecular formula is C18H15BrN2O4. The maximum atomic E-state index is 12.6. The van der Waals surface area contributed by atoms with Crippen molar-refractivity contribution in [2.75, 3.05) is 11.6 Å². The average molecular weight is 403 g/mol. The number of ether oxygens (including phenoxy) is 1. The van der Waals surface area contributed by atoms with Crippen LogP contribution in [-0.2, 0) is 9.59 Å². The molecule has 0 aliphatic carbocycles. The van der Waals surface area contributed by atoms with Gasteiger partial charge in [-0.25, -0.2) is 5.01 Å². The van der Waals surface area contributed by atoms with Gasteiger partial charge in [-0.05, 0) is 42.8 Å². The Hall–Kier alpha value is -2.80. The quantitative estimate of drug-likeness (QED) is 0.608. The van der Waals surface area contributed by atoms with Crippen molar-refractivity contribution in [2.24, 2.45) is 0 Å². The fourth-order valence-corrected chi connectivity index (χ4v) is 2.86. The minimum absolute atomic E-state index is 0.00214. The molecule has 2 aromatic carbocycles. The van der Waals surface area contributed by atoms with Gasteiger partial charge in [0.15, 0.2) is 11.5 Å². The van der Waals surface area contributed by atoms with Gasteiger partial charge in [0, 0.05) is 4.47 Å². The lowest BCUT2D eigenvalue weighted by molar-refractivity contribution is -0.117. The SMILES string of the molecule is CCOc1cc(/C=C2/C(=O)NN(c3ccccc3)C2=O)c(Br)cc1O. The van der Waals surface area contributed by atoms with Crippen LogP contribution in [0.2, 0.25) is 0 Å². The van der Waals surface area contributed by atoms with Crippen LogP contribution in [0, 0.1) is 0 Å². The fourth-order valence-electron chi connectivity index (χ4n) is 2.41. The number of carbonyl (C=O) groups is 2. The molecule has 6 nitrogen and oxygen atoms in total. The van der Waals surface area contributed by atoms with Crippen LogP contribution in [0.15, 0.2) is 52.5 Å². The van der Waals surface area contributed by atoms with E-state index in [9.17, 15) is 14.7 Å². The zero-order chi connectivity index (χ0) is 18.0. The number of benzene rings is 2. The molecule has 7 heteroatoms.